The third-order valence-corrected chi connectivity index (χ3v) is 8.38. The molecular weight excluding hydrogens is 498 g/mol. The average Bonchev–Trinajstić information content (AvgIpc) is 3.39. The fourth-order valence-electron chi connectivity index (χ4n) is 6.65. The van der Waals surface area contributed by atoms with E-state index in [1.807, 2.05) is 12.1 Å². The SMILES string of the molecule is c1ccc(-c2nc(-n3c4ccccc4c4c5c6ccccc6c6ccccc6c5ccc43)nc3ccccc23)cc1. The number of benzene rings is 7. The van der Waals surface area contributed by atoms with Gasteiger partial charge in [0.25, 0.3) is 0 Å². The quantitative estimate of drug-likeness (QED) is 0.212. The zero-order valence-corrected chi connectivity index (χ0v) is 22.1. The number of nitrogens with zero attached hydrogens (tertiary/aromatic N) is 3. The molecule has 9 aromatic rings. The summed E-state index contributed by atoms with van der Waals surface area (Å²) in [5, 5.41) is 11.1. The molecule has 9 rings (SSSR count). The van der Waals surface area contributed by atoms with Gasteiger partial charge in [-0.05, 0) is 45.1 Å². The Morgan fingerprint density at radius 1 is 0.366 bits per heavy atom. The summed E-state index contributed by atoms with van der Waals surface area (Å²) in [6, 6.07) is 49.4. The molecule has 0 bridgehead atoms. The van der Waals surface area contributed by atoms with Crippen molar-refractivity contribution in [1.29, 1.82) is 0 Å². The van der Waals surface area contributed by atoms with Crippen LogP contribution in [0.2, 0.25) is 0 Å². The zero-order valence-electron chi connectivity index (χ0n) is 22.1. The smallest absolute Gasteiger partial charge is 0.235 e. The molecular formula is C38H23N3. The molecule has 0 aliphatic heterocycles. The molecule has 0 aliphatic carbocycles. The molecule has 7 aromatic carbocycles. The van der Waals surface area contributed by atoms with Crippen LogP contribution in [0.3, 0.4) is 0 Å². The molecule has 190 valence electrons. The second-order valence-electron chi connectivity index (χ2n) is 10.6. The highest BCUT2D eigenvalue weighted by Gasteiger charge is 2.20. The highest BCUT2D eigenvalue weighted by atomic mass is 15.2. The van der Waals surface area contributed by atoms with Gasteiger partial charge in [0, 0.05) is 27.1 Å². The maximum atomic E-state index is 5.26. The van der Waals surface area contributed by atoms with Crippen LogP contribution in [0.15, 0.2) is 140 Å². The number of hydrogen-bond acceptors (Lipinski definition) is 2. The maximum absolute atomic E-state index is 5.26. The van der Waals surface area contributed by atoms with Crippen molar-refractivity contribution in [3.8, 4) is 17.2 Å². The summed E-state index contributed by atoms with van der Waals surface area (Å²) < 4.78 is 2.24. The van der Waals surface area contributed by atoms with E-state index in [1.54, 1.807) is 0 Å². The van der Waals surface area contributed by atoms with E-state index in [2.05, 4.69) is 132 Å². The molecule has 3 heteroatoms. The van der Waals surface area contributed by atoms with Gasteiger partial charge in [-0.25, -0.2) is 9.97 Å². The standard InChI is InChI=1S/C38H23N3/c1-2-12-24(13-3-1)37-30-18-8-10-20-32(30)39-38(40-37)41-33-21-11-9-19-31(33)36-34(41)23-22-29-27-16-5-4-14-25(27)26-15-6-7-17-28(26)35(29)36/h1-23H. The summed E-state index contributed by atoms with van der Waals surface area (Å²) in [5.74, 6) is 0.679. The van der Waals surface area contributed by atoms with Gasteiger partial charge in [0.2, 0.25) is 5.95 Å². The number of para-hydroxylation sites is 2. The van der Waals surface area contributed by atoms with Crippen LogP contribution in [0, 0.1) is 0 Å². The minimum atomic E-state index is 0.679. The molecule has 3 nitrogen and oxygen atoms in total. The predicted molar refractivity (Wildman–Crippen MR) is 172 cm³/mol. The minimum Gasteiger partial charge on any atom is -0.278 e. The zero-order chi connectivity index (χ0) is 26.9. The summed E-state index contributed by atoms with van der Waals surface area (Å²) in [7, 11) is 0. The third-order valence-electron chi connectivity index (χ3n) is 8.38. The highest BCUT2D eigenvalue weighted by Crippen LogP contribution is 2.43. The summed E-state index contributed by atoms with van der Waals surface area (Å²) in [5.41, 5.74) is 5.15. The Hall–Kier alpha value is -5.54. The second-order valence-corrected chi connectivity index (χ2v) is 10.6. The van der Waals surface area contributed by atoms with Crippen molar-refractivity contribution in [2.45, 2.75) is 0 Å². The number of aromatic nitrogens is 3. The Bertz CT molecular complexity index is 2440. The van der Waals surface area contributed by atoms with Gasteiger partial charge in [0.1, 0.15) is 0 Å². The van der Waals surface area contributed by atoms with E-state index < -0.39 is 0 Å². The van der Waals surface area contributed by atoms with Crippen LogP contribution in [0.5, 0.6) is 0 Å². The molecule has 0 amide bonds. The molecule has 0 aliphatic rings. The Balaban J connectivity index is 1.48. The van der Waals surface area contributed by atoms with Crippen LogP contribution in [0.4, 0.5) is 0 Å². The molecule has 0 fully saturated rings. The van der Waals surface area contributed by atoms with Gasteiger partial charge in [-0.2, -0.15) is 0 Å². The van der Waals surface area contributed by atoms with Crippen LogP contribution in [0.25, 0.3) is 82.2 Å². The molecule has 0 atom stereocenters. The van der Waals surface area contributed by atoms with Crippen LogP contribution >= 0.6 is 0 Å². The lowest BCUT2D eigenvalue weighted by Crippen LogP contribution is -2.03. The molecule has 0 saturated carbocycles. The average molecular weight is 522 g/mol. The summed E-state index contributed by atoms with van der Waals surface area (Å²) >= 11 is 0. The molecule has 41 heavy (non-hydrogen) atoms. The second kappa shape index (κ2) is 8.48. The third kappa shape index (κ3) is 3.14. The largest absolute Gasteiger partial charge is 0.278 e. The molecule has 0 N–H and O–H groups in total. The van der Waals surface area contributed by atoms with Crippen molar-refractivity contribution in [2.24, 2.45) is 0 Å². The number of rotatable bonds is 2. The van der Waals surface area contributed by atoms with Gasteiger partial charge in [0.05, 0.1) is 22.2 Å². The fraction of sp³-hybridized carbons (Fsp3) is 0. The van der Waals surface area contributed by atoms with Crippen molar-refractivity contribution in [3.05, 3.63) is 140 Å². The van der Waals surface area contributed by atoms with E-state index in [9.17, 15) is 0 Å². The van der Waals surface area contributed by atoms with E-state index in [0.29, 0.717) is 5.95 Å². The van der Waals surface area contributed by atoms with Crippen molar-refractivity contribution in [3.63, 3.8) is 0 Å². The van der Waals surface area contributed by atoms with Crippen LogP contribution < -0.4 is 0 Å². The van der Waals surface area contributed by atoms with Gasteiger partial charge in [-0.3, -0.25) is 4.57 Å². The van der Waals surface area contributed by atoms with Gasteiger partial charge in [-0.1, -0.05) is 121 Å². The maximum Gasteiger partial charge on any atom is 0.235 e. The van der Waals surface area contributed by atoms with Crippen molar-refractivity contribution < 1.29 is 0 Å². The lowest BCUT2D eigenvalue weighted by Gasteiger charge is -2.13. The summed E-state index contributed by atoms with van der Waals surface area (Å²) in [6.07, 6.45) is 0. The first-order valence-corrected chi connectivity index (χ1v) is 13.9. The van der Waals surface area contributed by atoms with E-state index in [4.69, 9.17) is 9.97 Å². The molecule has 0 radical (unpaired) electrons. The first-order chi connectivity index (χ1) is 20.4. The summed E-state index contributed by atoms with van der Waals surface area (Å²) in [6.45, 7) is 0. The van der Waals surface area contributed by atoms with Gasteiger partial charge in [0.15, 0.2) is 0 Å². The van der Waals surface area contributed by atoms with E-state index in [1.165, 1.54) is 43.1 Å². The normalized spacial score (nSPS) is 11.9. The topological polar surface area (TPSA) is 30.7 Å². The van der Waals surface area contributed by atoms with Crippen molar-refractivity contribution in [2.75, 3.05) is 0 Å². The van der Waals surface area contributed by atoms with E-state index in [-0.39, 0.29) is 0 Å². The lowest BCUT2D eigenvalue weighted by atomic mass is 9.92. The molecule has 0 spiro atoms. The predicted octanol–water partition coefficient (Wildman–Crippen LogP) is 9.85. The van der Waals surface area contributed by atoms with E-state index in [0.717, 1.165) is 33.2 Å². The molecule has 0 unspecified atom stereocenters. The van der Waals surface area contributed by atoms with Crippen LogP contribution in [-0.4, -0.2) is 14.5 Å². The number of fused-ring (bicyclic) bond motifs is 11. The Morgan fingerprint density at radius 2 is 0.927 bits per heavy atom. The Labute approximate surface area is 235 Å². The van der Waals surface area contributed by atoms with Gasteiger partial charge >= 0.3 is 0 Å². The first-order valence-electron chi connectivity index (χ1n) is 13.9. The van der Waals surface area contributed by atoms with Crippen molar-refractivity contribution in [1.82, 2.24) is 14.5 Å². The van der Waals surface area contributed by atoms with Crippen LogP contribution in [0.1, 0.15) is 0 Å². The Kier molecular flexibility index (Phi) is 4.61. The lowest BCUT2D eigenvalue weighted by molar-refractivity contribution is 1.01. The number of hydrogen-bond donors (Lipinski definition) is 0. The Morgan fingerprint density at radius 3 is 1.68 bits per heavy atom. The van der Waals surface area contributed by atoms with Crippen LogP contribution in [-0.2, 0) is 0 Å². The monoisotopic (exact) mass is 521 g/mol. The molecule has 0 saturated heterocycles. The fourth-order valence-corrected chi connectivity index (χ4v) is 6.65. The van der Waals surface area contributed by atoms with Gasteiger partial charge < -0.3 is 0 Å². The summed E-state index contributed by atoms with van der Waals surface area (Å²) in [4.78, 5) is 10.4. The molecule has 2 heterocycles. The first kappa shape index (κ1) is 22.3. The van der Waals surface area contributed by atoms with Crippen molar-refractivity contribution >= 4 is 65.0 Å². The van der Waals surface area contributed by atoms with Gasteiger partial charge in [-0.15, -0.1) is 0 Å². The highest BCUT2D eigenvalue weighted by molar-refractivity contribution is 6.35. The van der Waals surface area contributed by atoms with E-state index >= 15 is 0 Å². The molecule has 2 aromatic heterocycles. The minimum absolute atomic E-state index is 0.679.